The van der Waals surface area contributed by atoms with Crippen molar-refractivity contribution in [1.29, 1.82) is 0 Å². The Bertz CT molecular complexity index is 655. The number of rotatable bonds is 2. The van der Waals surface area contributed by atoms with Crippen molar-refractivity contribution in [3.8, 4) is 11.5 Å². The molecule has 0 bridgehead atoms. The molecule has 0 amide bonds. The van der Waals surface area contributed by atoms with E-state index >= 15 is 0 Å². The van der Waals surface area contributed by atoms with Crippen LogP contribution in [0.25, 0.3) is 0 Å². The Morgan fingerprint density at radius 1 is 1.12 bits per heavy atom. The van der Waals surface area contributed by atoms with Crippen LogP contribution < -0.4 is 16.0 Å². The Labute approximate surface area is 97.1 Å². The van der Waals surface area contributed by atoms with Gasteiger partial charge in [0.1, 0.15) is 5.75 Å². The Hall–Kier alpha value is -2.30. The number of benzene rings is 1. The van der Waals surface area contributed by atoms with Crippen molar-refractivity contribution in [1.82, 2.24) is 9.97 Å². The van der Waals surface area contributed by atoms with Crippen LogP contribution in [0.1, 0.15) is 11.1 Å². The van der Waals surface area contributed by atoms with Crippen molar-refractivity contribution >= 4 is 0 Å². The van der Waals surface area contributed by atoms with Gasteiger partial charge in [-0.2, -0.15) is 0 Å². The third-order valence-electron chi connectivity index (χ3n) is 2.56. The number of hydrogen-bond acceptors (Lipinski definition) is 3. The summed E-state index contributed by atoms with van der Waals surface area (Å²) in [5, 5.41) is 0. The minimum atomic E-state index is -0.552. The van der Waals surface area contributed by atoms with Gasteiger partial charge in [-0.15, -0.1) is 0 Å². The molecule has 17 heavy (non-hydrogen) atoms. The molecule has 5 nitrogen and oxygen atoms in total. The van der Waals surface area contributed by atoms with Gasteiger partial charge in [0.05, 0.1) is 6.20 Å². The van der Waals surface area contributed by atoms with E-state index in [2.05, 4.69) is 9.97 Å². The van der Waals surface area contributed by atoms with Crippen molar-refractivity contribution in [2.75, 3.05) is 0 Å². The summed E-state index contributed by atoms with van der Waals surface area (Å²) in [5.41, 5.74) is 0.930. The Morgan fingerprint density at radius 2 is 1.88 bits per heavy atom. The second-order valence-electron chi connectivity index (χ2n) is 3.74. The molecule has 0 saturated heterocycles. The highest BCUT2D eigenvalue weighted by Crippen LogP contribution is 2.24. The van der Waals surface area contributed by atoms with Crippen LogP contribution in [0.2, 0.25) is 0 Å². The van der Waals surface area contributed by atoms with Crippen molar-refractivity contribution in [3.63, 3.8) is 0 Å². The van der Waals surface area contributed by atoms with E-state index in [1.807, 2.05) is 26.0 Å². The van der Waals surface area contributed by atoms with Gasteiger partial charge in [-0.1, -0.05) is 12.1 Å². The van der Waals surface area contributed by atoms with Crippen LogP contribution in [0.5, 0.6) is 11.5 Å². The van der Waals surface area contributed by atoms with Crippen LogP contribution in [-0.4, -0.2) is 9.97 Å². The van der Waals surface area contributed by atoms with Crippen LogP contribution in [0, 0.1) is 13.8 Å². The molecule has 1 aromatic carbocycles. The minimum absolute atomic E-state index is 0.0679. The summed E-state index contributed by atoms with van der Waals surface area (Å²) < 4.78 is 5.46. The SMILES string of the molecule is Cc1cccc(Oc2c[nH]c(=O)[nH]c2=O)c1C. The molecule has 5 heteroatoms. The first-order valence-corrected chi connectivity index (χ1v) is 5.14. The van der Waals surface area contributed by atoms with E-state index < -0.39 is 11.2 Å². The maximum atomic E-state index is 11.4. The molecule has 0 fully saturated rings. The predicted molar refractivity (Wildman–Crippen MR) is 63.7 cm³/mol. The summed E-state index contributed by atoms with van der Waals surface area (Å²) in [6.07, 6.45) is 1.25. The molecule has 0 radical (unpaired) electrons. The first-order chi connectivity index (χ1) is 8.08. The molecule has 0 atom stereocenters. The molecule has 2 aromatic rings. The first kappa shape index (κ1) is 11.2. The van der Waals surface area contributed by atoms with Gasteiger partial charge in [-0.05, 0) is 31.0 Å². The highest BCUT2D eigenvalue weighted by atomic mass is 16.5. The normalized spacial score (nSPS) is 10.2. The molecular formula is C12H12N2O3. The lowest BCUT2D eigenvalue weighted by Crippen LogP contribution is -2.22. The van der Waals surface area contributed by atoms with E-state index in [1.54, 1.807) is 6.07 Å². The topological polar surface area (TPSA) is 75.0 Å². The molecule has 0 aliphatic rings. The lowest BCUT2D eigenvalue weighted by Gasteiger charge is -2.09. The van der Waals surface area contributed by atoms with Crippen molar-refractivity contribution < 1.29 is 4.74 Å². The Balaban J connectivity index is 2.42. The fraction of sp³-hybridized carbons (Fsp3) is 0.167. The summed E-state index contributed by atoms with van der Waals surface area (Å²) in [4.78, 5) is 26.7. The number of aromatic amines is 2. The number of nitrogens with one attached hydrogen (secondary N) is 2. The molecule has 2 rings (SSSR count). The number of H-pyrrole nitrogens is 2. The van der Waals surface area contributed by atoms with Gasteiger partial charge in [0.2, 0.25) is 5.75 Å². The Kier molecular flexibility index (Phi) is 2.82. The molecule has 1 heterocycles. The van der Waals surface area contributed by atoms with Gasteiger partial charge < -0.3 is 9.72 Å². The largest absolute Gasteiger partial charge is 0.450 e. The predicted octanol–water partition coefficient (Wildman–Crippen LogP) is 1.47. The zero-order chi connectivity index (χ0) is 12.4. The van der Waals surface area contributed by atoms with Gasteiger partial charge in [0.15, 0.2) is 0 Å². The van der Waals surface area contributed by atoms with E-state index in [1.165, 1.54) is 6.20 Å². The number of aryl methyl sites for hydroxylation is 1. The van der Waals surface area contributed by atoms with E-state index in [9.17, 15) is 9.59 Å². The van der Waals surface area contributed by atoms with Crippen LogP contribution >= 0.6 is 0 Å². The lowest BCUT2D eigenvalue weighted by molar-refractivity contribution is 0.467. The number of hydrogen-bond donors (Lipinski definition) is 2. The standard InChI is InChI=1S/C12H12N2O3/c1-7-4-3-5-9(8(7)2)17-10-6-13-12(16)14-11(10)15/h3-6H,1-2H3,(H2,13,14,15,16). The van der Waals surface area contributed by atoms with Gasteiger partial charge in [-0.3, -0.25) is 9.78 Å². The zero-order valence-electron chi connectivity index (χ0n) is 9.53. The summed E-state index contributed by atoms with van der Waals surface area (Å²) in [5.74, 6) is 0.667. The second kappa shape index (κ2) is 4.29. The minimum Gasteiger partial charge on any atom is -0.450 e. The molecule has 0 aliphatic heterocycles. The number of aromatic nitrogens is 2. The summed E-state index contributed by atoms with van der Waals surface area (Å²) in [6, 6.07) is 5.57. The Morgan fingerprint density at radius 3 is 2.59 bits per heavy atom. The second-order valence-corrected chi connectivity index (χ2v) is 3.74. The summed E-state index contributed by atoms with van der Waals surface area (Å²) >= 11 is 0. The molecule has 0 unspecified atom stereocenters. The molecule has 2 N–H and O–H groups in total. The highest BCUT2D eigenvalue weighted by molar-refractivity contribution is 5.40. The quantitative estimate of drug-likeness (QED) is 0.823. The van der Waals surface area contributed by atoms with E-state index in [0.29, 0.717) is 5.75 Å². The number of ether oxygens (including phenoxy) is 1. The van der Waals surface area contributed by atoms with Crippen LogP contribution in [0.3, 0.4) is 0 Å². The molecular weight excluding hydrogens is 220 g/mol. The monoisotopic (exact) mass is 232 g/mol. The summed E-state index contributed by atoms with van der Waals surface area (Å²) in [7, 11) is 0. The zero-order valence-corrected chi connectivity index (χ0v) is 9.53. The first-order valence-electron chi connectivity index (χ1n) is 5.14. The fourth-order valence-corrected chi connectivity index (χ4v) is 1.43. The van der Waals surface area contributed by atoms with Gasteiger partial charge in [-0.25, -0.2) is 4.79 Å². The van der Waals surface area contributed by atoms with E-state index in [-0.39, 0.29) is 5.75 Å². The molecule has 0 saturated carbocycles. The average Bonchev–Trinajstić information content (AvgIpc) is 2.28. The van der Waals surface area contributed by atoms with E-state index in [0.717, 1.165) is 11.1 Å². The van der Waals surface area contributed by atoms with Crippen LogP contribution in [0.4, 0.5) is 0 Å². The van der Waals surface area contributed by atoms with E-state index in [4.69, 9.17) is 4.74 Å². The fourth-order valence-electron chi connectivity index (χ4n) is 1.43. The average molecular weight is 232 g/mol. The maximum Gasteiger partial charge on any atom is 0.325 e. The van der Waals surface area contributed by atoms with Crippen LogP contribution in [-0.2, 0) is 0 Å². The third-order valence-corrected chi connectivity index (χ3v) is 2.56. The lowest BCUT2D eigenvalue weighted by atomic mass is 10.1. The van der Waals surface area contributed by atoms with Crippen molar-refractivity contribution in [2.24, 2.45) is 0 Å². The van der Waals surface area contributed by atoms with Crippen molar-refractivity contribution in [3.05, 3.63) is 56.4 Å². The summed E-state index contributed by atoms with van der Waals surface area (Å²) in [6.45, 7) is 3.86. The van der Waals surface area contributed by atoms with Gasteiger partial charge >= 0.3 is 5.69 Å². The molecule has 0 spiro atoms. The van der Waals surface area contributed by atoms with Gasteiger partial charge in [0, 0.05) is 0 Å². The third kappa shape index (κ3) is 2.28. The smallest absolute Gasteiger partial charge is 0.325 e. The molecule has 1 aromatic heterocycles. The molecule has 0 aliphatic carbocycles. The maximum absolute atomic E-state index is 11.4. The van der Waals surface area contributed by atoms with Gasteiger partial charge in [0.25, 0.3) is 5.56 Å². The molecule has 88 valence electrons. The van der Waals surface area contributed by atoms with Crippen molar-refractivity contribution in [2.45, 2.75) is 13.8 Å². The van der Waals surface area contributed by atoms with Crippen LogP contribution in [0.15, 0.2) is 34.0 Å². The highest BCUT2D eigenvalue weighted by Gasteiger charge is 2.06.